The summed E-state index contributed by atoms with van der Waals surface area (Å²) < 4.78 is 7.25. The summed E-state index contributed by atoms with van der Waals surface area (Å²) in [7, 11) is 1.61. The van der Waals surface area contributed by atoms with Gasteiger partial charge in [-0.25, -0.2) is 4.40 Å². The summed E-state index contributed by atoms with van der Waals surface area (Å²) >= 11 is 7.47. The van der Waals surface area contributed by atoms with Crippen molar-refractivity contribution in [2.45, 2.75) is 0 Å². The summed E-state index contributed by atoms with van der Waals surface area (Å²) in [6.07, 6.45) is 1.78. The van der Waals surface area contributed by atoms with Crippen molar-refractivity contribution < 1.29 is 4.74 Å². The summed E-state index contributed by atoms with van der Waals surface area (Å²) in [5.41, 5.74) is 1.44. The van der Waals surface area contributed by atoms with Crippen molar-refractivity contribution in [2.24, 2.45) is 0 Å². The maximum Gasteiger partial charge on any atom is 0.276 e. The Morgan fingerprint density at radius 2 is 1.88 bits per heavy atom. The highest BCUT2D eigenvalue weighted by atomic mass is 35.5. The third kappa shape index (κ3) is 2.79. The molecule has 2 aromatic heterocycles. The molecule has 0 N–H and O–H groups in total. The first-order valence-corrected chi connectivity index (χ1v) is 8.65. The summed E-state index contributed by atoms with van der Waals surface area (Å²) in [6.45, 7) is 0. The van der Waals surface area contributed by atoms with Crippen LogP contribution in [0, 0.1) is 0 Å². The quantitative estimate of drug-likeness (QED) is 0.557. The number of benzene rings is 2. The molecule has 0 spiro atoms. The van der Waals surface area contributed by atoms with E-state index in [0.29, 0.717) is 20.3 Å². The molecule has 0 saturated heterocycles. The first kappa shape index (κ1) is 15.8. The first-order chi connectivity index (χ1) is 12.2. The Labute approximate surface area is 151 Å². The van der Waals surface area contributed by atoms with E-state index in [1.807, 2.05) is 42.5 Å². The number of ether oxygens (including phenoxy) is 1. The Hall–Kier alpha value is -2.70. The smallest absolute Gasteiger partial charge is 0.276 e. The van der Waals surface area contributed by atoms with Crippen LogP contribution in [0.15, 0.2) is 53.3 Å². The fourth-order valence-electron chi connectivity index (χ4n) is 2.52. The van der Waals surface area contributed by atoms with Gasteiger partial charge in [0, 0.05) is 10.6 Å². The van der Waals surface area contributed by atoms with Gasteiger partial charge in [0.15, 0.2) is 5.82 Å². The Morgan fingerprint density at radius 1 is 1.12 bits per heavy atom. The van der Waals surface area contributed by atoms with Crippen molar-refractivity contribution in [3.8, 4) is 17.1 Å². The van der Waals surface area contributed by atoms with E-state index in [0.717, 1.165) is 16.9 Å². The van der Waals surface area contributed by atoms with Crippen LogP contribution >= 0.6 is 22.9 Å². The number of fused-ring (bicyclic) bond motifs is 1. The van der Waals surface area contributed by atoms with E-state index in [1.54, 1.807) is 19.3 Å². The maximum atomic E-state index is 12.8. The second kappa shape index (κ2) is 6.31. The fourth-order valence-corrected chi connectivity index (χ4v) is 3.62. The average Bonchev–Trinajstić information content (AvgIpc) is 3.18. The standard InChI is InChI=1S/C18H12ClN3O2S/c1-24-13-8-6-11(7-9-13)16-20-21-18-22(16)17(23)15(25-18)10-12-4-2-3-5-14(12)19/h2-10H,1H3. The largest absolute Gasteiger partial charge is 0.497 e. The van der Waals surface area contributed by atoms with Gasteiger partial charge in [0.2, 0.25) is 4.96 Å². The lowest BCUT2D eigenvalue weighted by Crippen LogP contribution is -2.23. The monoisotopic (exact) mass is 369 g/mol. The van der Waals surface area contributed by atoms with E-state index in [2.05, 4.69) is 10.2 Å². The van der Waals surface area contributed by atoms with Crippen molar-refractivity contribution in [2.75, 3.05) is 7.11 Å². The Morgan fingerprint density at radius 3 is 2.60 bits per heavy atom. The van der Waals surface area contributed by atoms with Gasteiger partial charge in [-0.15, -0.1) is 10.2 Å². The van der Waals surface area contributed by atoms with Crippen molar-refractivity contribution in [3.05, 3.63) is 74.0 Å². The molecular weight excluding hydrogens is 358 g/mol. The molecule has 0 aliphatic heterocycles. The summed E-state index contributed by atoms with van der Waals surface area (Å²) in [5.74, 6) is 1.25. The molecule has 0 aliphatic carbocycles. The molecule has 0 amide bonds. The molecule has 25 heavy (non-hydrogen) atoms. The lowest BCUT2D eigenvalue weighted by Gasteiger charge is -2.00. The highest BCUT2D eigenvalue weighted by molar-refractivity contribution is 7.15. The number of aromatic nitrogens is 3. The Kier molecular flexibility index (Phi) is 3.99. The van der Waals surface area contributed by atoms with Crippen LogP contribution in [0.1, 0.15) is 5.56 Å². The van der Waals surface area contributed by atoms with Gasteiger partial charge in [-0.05, 0) is 42.0 Å². The van der Waals surface area contributed by atoms with Gasteiger partial charge in [-0.3, -0.25) is 4.79 Å². The Bertz CT molecular complexity index is 1170. The molecule has 2 heterocycles. The fraction of sp³-hybridized carbons (Fsp3) is 0.0556. The van der Waals surface area contributed by atoms with Gasteiger partial charge in [-0.1, -0.05) is 41.1 Å². The van der Waals surface area contributed by atoms with Crippen molar-refractivity contribution in [1.29, 1.82) is 0 Å². The first-order valence-electron chi connectivity index (χ1n) is 7.46. The van der Waals surface area contributed by atoms with E-state index in [-0.39, 0.29) is 5.56 Å². The van der Waals surface area contributed by atoms with E-state index in [4.69, 9.17) is 16.3 Å². The molecule has 2 aromatic carbocycles. The second-order valence-corrected chi connectivity index (χ2v) is 6.72. The van der Waals surface area contributed by atoms with Crippen LogP contribution < -0.4 is 14.8 Å². The highest BCUT2D eigenvalue weighted by Gasteiger charge is 2.14. The summed E-state index contributed by atoms with van der Waals surface area (Å²) in [4.78, 5) is 13.4. The zero-order chi connectivity index (χ0) is 17.4. The van der Waals surface area contributed by atoms with Gasteiger partial charge < -0.3 is 4.74 Å². The topological polar surface area (TPSA) is 56.5 Å². The molecule has 0 radical (unpaired) electrons. The third-order valence-corrected chi connectivity index (χ3v) is 5.09. The van der Waals surface area contributed by atoms with Crippen LogP contribution in [0.5, 0.6) is 5.75 Å². The normalized spacial score (nSPS) is 12.0. The van der Waals surface area contributed by atoms with Gasteiger partial charge >= 0.3 is 0 Å². The maximum absolute atomic E-state index is 12.8. The number of methoxy groups -OCH3 is 1. The molecule has 0 bridgehead atoms. The van der Waals surface area contributed by atoms with Crippen LogP contribution in [0.25, 0.3) is 22.4 Å². The third-order valence-electron chi connectivity index (χ3n) is 3.79. The number of hydrogen-bond acceptors (Lipinski definition) is 5. The van der Waals surface area contributed by atoms with Crippen LogP contribution in [0.3, 0.4) is 0 Å². The van der Waals surface area contributed by atoms with E-state index in [9.17, 15) is 4.79 Å². The lowest BCUT2D eigenvalue weighted by atomic mass is 10.2. The minimum Gasteiger partial charge on any atom is -0.497 e. The molecule has 0 aliphatic rings. The summed E-state index contributed by atoms with van der Waals surface area (Å²) in [6, 6.07) is 14.7. The van der Waals surface area contributed by atoms with Crippen molar-refractivity contribution in [1.82, 2.24) is 14.6 Å². The number of hydrogen-bond donors (Lipinski definition) is 0. The molecule has 5 nitrogen and oxygen atoms in total. The van der Waals surface area contributed by atoms with Gasteiger partial charge in [0.1, 0.15) is 5.75 Å². The van der Waals surface area contributed by atoms with Crippen molar-refractivity contribution in [3.63, 3.8) is 0 Å². The molecular formula is C18H12ClN3O2S. The minimum absolute atomic E-state index is 0.157. The molecule has 0 saturated carbocycles. The van der Waals surface area contributed by atoms with Crippen LogP contribution in [0.2, 0.25) is 5.02 Å². The zero-order valence-electron chi connectivity index (χ0n) is 13.1. The second-order valence-electron chi connectivity index (χ2n) is 5.31. The number of nitrogens with zero attached hydrogens (tertiary/aromatic N) is 3. The van der Waals surface area contributed by atoms with Gasteiger partial charge in [0.25, 0.3) is 5.56 Å². The highest BCUT2D eigenvalue weighted by Crippen LogP contribution is 2.21. The molecule has 0 unspecified atom stereocenters. The van der Waals surface area contributed by atoms with Gasteiger partial charge in [-0.2, -0.15) is 0 Å². The van der Waals surface area contributed by atoms with E-state index in [1.165, 1.54) is 15.7 Å². The molecule has 4 aromatic rings. The molecule has 124 valence electrons. The predicted molar refractivity (Wildman–Crippen MR) is 99.4 cm³/mol. The lowest BCUT2D eigenvalue weighted by molar-refractivity contribution is 0.415. The summed E-state index contributed by atoms with van der Waals surface area (Å²) in [5, 5.41) is 8.88. The number of halogens is 1. The molecule has 0 fully saturated rings. The molecule has 7 heteroatoms. The van der Waals surface area contributed by atoms with Crippen LogP contribution in [-0.2, 0) is 0 Å². The van der Waals surface area contributed by atoms with Gasteiger partial charge in [0.05, 0.1) is 11.6 Å². The number of thiazole rings is 1. The number of rotatable bonds is 3. The SMILES string of the molecule is COc1ccc(-c2nnc3sc(=Cc4ccccc4Cl)c(=O)n23)cc1. The van der Waals surface area contributed by atoms with Crippen molar-refractivity contribution >= 4 is 34.0 Å². The predicted octanol–water partition coefficient (Wildman–Crippen LogP) is 3.03. The molecule has 4 rings (SSSR count). The van der Waals surface area contributed by atoms with Crippen LogP contribution in [0.4, 0.5) is 0 Å². The van der Waals surface area contributed by atoms with E-state index >= 15 is 0 Å². The zero-order valence-corrected chi connectivity index (χ0v) is 14.7. The Balaban J connectivity index is 1.88. The van der Waals surface area contributed by atoms with E-state index < -0.39 is 0 Å². The molecule has 0 atom stereocenters. The average molecular weight is 370 g/mol. The van der Waals surface area contributed by atoms with Crippen LogP contribution in [-0.4, -0.2) is 21.7 Å². The minimum atomic E-state index is -0.157.